The largest absolute Gasteiger partial charge is 0.658 e. The van der Waals surface area contributed by atoms with E-state index in [2.05, 4.69) is 13.8 Å². The summed E-state index contributed by atoms with van der Waals surface area (Å²) < 4.78 is 77.6. The molecule has 0 spiro atoms. The third kappa shape index (κ3) is 8.37. The van der Waals surface area contributed by atoms with Gasteiger partial charge in [0, 0.05) is 0 Å². The van der Waals surface area contributed by atoms with E-state index in [-0.39, 0.29) is 24.7 Å². The lowest BCUT2D eigenvalue weighted by Crippen LogP contribution is -2.14. The Labute approximate surface area is 193 Å². The number of benzene rings is 2. The van der Waals surface area contributed by atoms with Crippen LogP contribution in [0, 0.1) is 23.3 Å². The van der Waals surface area contributed by atoms with Crippen LogP contribution in [0.15, 0.2) is 24.3 Å². The second kappa shape index (κ2) is 14.5. The summed E-state index contributed by atoms with van der Waals surface area (Å²) in [6.07, 6.45) is 7.20. The summed E-state index contributed by atoms with van der Waals surface area (Å²) in [5.74, 6) is -5.64. The van der Waals surface area contributed by atoms with Crippen molar-refractivity contribution in [2.24, 2.45) is 0 Å². The van der Waals surface area contributed by atoms with Crippen molar-refractivity contribution in [1.29, 1.82) is 0 Å². The maximum atomic E-state index is 14.5. The maximum absolute atomic E-state index is 14.5. The molecule has 33 heavy (non-hydrogen) atoms. The van der Waals surface area contributed by atoms with Crippen molar-refractivity contribution >= 4 is 7.69 Å². The van der Waals surface area contributed by atoms with Crippen molar-refractivity contribution in [1.82, 2.24) is 0 Å². The standard InChI is InChI=1S/C24H30BF4O4/c1-3-5-7-9-15-30-23-17(26)11-13-19(21(23)28)32-25-33-20-14-12-18(27)24(22(20)29)31-16-10-8-6-4-2/h11-14H,3-10,15-16H2,1-2H3. The van der Waals surface area contributed by atoms with E-state index < -0.39 is 34.8 Å². The summed E-state index contributed by atoms with van der Waals surface area (Å²) in [5, 5.41) is 0. The first-order valence-electron chi connectivity index (χ1n) is 11.4. The van der Waals surface area contributed by atoms with Crippen molar-refractivity contribution < 1.29 is 36.3 Å². The Hall–Kier alpha value is -2.58. The third-order valence-electron chi connectivity index (χ3n) is 4.87. The van der Waals surface area contributed by atoms with E-state index >= 15 is 0 Å². The molecule has 0 aliphatic heterocycles. The fraction of sp³-hybridized carbons (Fsp3) is 0.500. The Morgan fingerprint density at radius 2 is 1.03 bits per heavy atom. The van der Waals surface area contributed by atoms with Gasteiger partial charge in [-0.25, -0.2) is 8.78 Å². The molecule has 0 aliphatic carbocycles. The SMILES string of the molecule is CCCCCCOc1c(F)ccc(O[B]Oc2ccc(F)c(OCCCCCC)c2F)c1F. The van der Waals surface area contributed by atoms with Crippen LogP contribution in [-0.2, 0) is 0 Å². The first-order valence-corrected chi connectivity index (χ1v) is 11.4. The fourth-order valence-electron chi connectivity index (χ4n) is 3.01. The molecule has 2 aromatic carbocycles. The minimum absolute atomic E-state index is 0.166. The predicted molar refractivity (Wildman–Crippen MR) is 119 cm³/mol. The van der Waals surface area contributed by atoms with Gasteiger partial charge in [-0.05, 0) is 37.1 Å². The second-order valence-electron chi connectivity index (χ2n) is 7.53. The zero-order valence-electron chi connectivity index (χ0n) is 19.1. The minimum Gasteiger partial charge on any atom is -0.524 e. The molecule has 4 nitrogen and oxygen atoms in total. The van der Waals surface area contributed by atoms with Crippen molar-refractivity contribution in [3.8, 4) is 23.0 Å². The minimum atomic E-state index is -1.04. The van der Waals surface area contributed by atoms with Crippen molar-refractivity contribution in [3.05, 3.63) is 47.5 Å². The number of rotatable bonds is 16. The molecule has 2 rings (SSSR count). The normalized spacial score (nSPS) is 10.7. The fourth-order valence-corrected chi connectivity index (χ4v) is 3.01. The molecule has 0 unspecified atom stereocenters. The van der Waals surface area contributed by atoms with Gasteiger partial charge in [0.25, 0.3) is 0 Å². The summed E-state index contributed by atoms with van der Waals surface area (Å²) >= 11 is 0. The van der Waals surface area contributed by atoms with Crippen LogP contribution in [0.5, 0.6) is 23.0 Å². The number of halogens is 4. The van der Waals surface area contributed by atoms with E-state index in [0.29, 0.717) is 20.5 Å². The van der Waals surface area contributed by atoms with Gasteiger partial charge in [0.1, 0.15) is 11.5 Å². The molecule has 1 radical (unpaired) electrons. The lowest BCUT2D eigenvalue weighted by molar-refractivity contribution is 0.270. The molecular formula is C24H30BF4O4. The average Bonchev–Trinajstić information content (AvgIpc) is 2.80. The van der Waals surface area contributed by atoms with Gasteiger partial charge in [-0.2, -0.15) is 8.78 Å². The predicted octanol–water partition coefficient (Wildman–Crippen LogP) is 7.15. The molecular weight excluding hydrogens is 439 g/mol. The summed E-state index contributed by atoms with van der Waals surface area (Å²) in [6.45, 7) is 4.44. The van der Waals surface area contributed by atoms with Gasteiger partial charge in [0.05, 0.1) is 13.2 Å². The molecule has 0 heterocycles. The summed E-state index contributed by atoms with van der Waals surface area (Å²) in [4.78, 5) is 0. The Bertz CT molecular complexity index is 797. The van der Waals surface area contributed by atoms with E-state index in [1.54, 1.807) is 0 Å². The zero-order chi connectivity index (χ0) is 24.1. The van der Waals surface area contributed by atoms with Crippen molar-refractivity contribution in [2.45, 2.75) is 65.2 Å². The molecule has 0 amide bonds. The van der Waals surface area contributed by atoms with Crippen LogP contribution in [-0.4, -0.2) is 20.9 Å². The highest BCUT2D eigenvalue weighted by Crippen LogP contribution is 2.31. The highest BCUT2D eigenvalue weighted by atomic mass is 19.1. The van der Waals surface area contributed by atoms with E-state index in [9.17, 15) is 17.6 Å². The van der Waals surface area contributed by atoms with E-state index in [1.165, 1.54) is 0 Å². The topological polar surface area (TPSA) is 36.9 Å². The maximum Gasteiger partial charge on any atom is 0.658 e. The highest BCUT2D eigenvalue weighted by molar-refractivity contribution is 6.20. The highest BCUT2D eigenvalue weighted by Gasteiger charge is 2.20. The lowest BCUT2D eigenvalue weighted by atomic mass is 10.2. The first-order chi connectivity index (χ1) is 16.0. The molecule has 0 saturated heterocycles. The molecule has 0 saturated carbocycles. The summed E-state index contributed by atoms with van der Waals surface area (Å²) in [6, 6.07) is 4.11. The Morgan fingerprint density at radius 3 is 1.42 bits per heavy atom. The van der Waals surface area contributed by atoms with E-state index in [4.69, 9.17) is 18.8 Å². The molecule has 181 valence electrons. The van der Waals surface area contributed by atoms with Crippen LogP contribution in [0.3, 0.4) is 0 Å². The zero-order valence-corrected chi connectivity index (χ0v) is 19.1. The molecule has 0 aliphatic rings. The molecule has 0 atom stereocenters. The third-order valence-corrected chi connectivity index (χ3v) is 4.87. The molecule has 0 fully saturated rings. The average molecular weight is 469 g/mol. The van der Waals surface area contributed by atoms with Gasteiger partial charge < -0.3 is 18.8 Å². The van der Waals surface area contributed by atoms with Crippen LogP contribution in [0.1, 0.15) is 65.2 Å². The van der Waals surface area contributed by atoms with E-state index in [0.717, 1.165) is 62.8 Å². The van der Waals surface area contributed by atoms with Crippen LogP contribution in [0.25, 0.3) is 0 Å². The van der Waals surface area contributed by atoms with Crippen molar-refractivity contribution in [3.63, 3.8) is 0 Å². The Morgan fingerprint density at radius 1 is 0.606 bits per heavy atom. The number of hydrogen-bond acceptors (Lipinski definition) is 4. The second-order valence-corrected chi connectivity index (χ2v) is 7.53. The van der Waals surface area contributed by atoms with Gasteiger partial charge in [0.15, 0.2) is 23.1 Å². The lowest BCUT2D eigenvalue weighted by Gasteiger charge is -2.13. The molecule has 2 aromatic rings. The Balaban J connectivity index is 1.94. The van der Waals surface area contributed by atoms with Crippen LogP contribution in [0.2, 0.25) is 0 Å². The van der Waals surface area contributed by atoms with Gasteiger partial charge in [-0.3, -0.25) is 0 Å². The van der Waals surface area contributed by atoms with Gasteiger partial charge in [-0.1, -0.05) is 52.4 Å². The molecule has 9 heteroatoms. The quantitative estimate of drug-likeness (QED) is 0.149. The van der Waals surface area contributed by atoms with Gasteiger partial charge in [0.2, 0.25) is 11.6 Å². The molecule has 0 aromatic heterocycles. The van der Waals surface area contributed by atoms with Crippen LogP contribution < -0.4 is 18.8 Å². The van der Waals surface area contributed by atoms with Crippen LogP contribution >= 0.6 is 0 Å². The first kappa shape index (κ1) is 26.7. The summed E-state index contributed by atoms with van der Waals surface area (Å²) in [7, 11) is 0.669. The molecule has 0 bridgehead atoms. The number of ether oxygens (including phenoxy) is 2. The number of hydrogen-bond donors (Lipinski definition) is 0. The smallest absolute Gasteiger partial charge is 0.524 e. The summed E-state index contributed by atoms with van der Waals surface area (Å²) in [5.41, 5.74) is 0. The number of unbranched alkanes of at least 4 members (excludes halogenated alkanes) is 6. The van der Waals surface area contributed by atoms with Crippen molar-refractivity contribution in [2.75, 3.05) is 13.2 Å². The van der Waals surface area contributed by atoms with Gasteiger partial charge >= 0.3 is 7.69 Å². The monoisotopic (exact) mass is 469 g/mol. The van der Waals surface area contributed by atoms with Crippen LogP contribution in [0.4, 0.5) is 17.6 Å². The molecule has 0 N–H and O–H groups in total. The van der Waals surface area contributed by atoms with E-state index in [1.807, 2.05) is 0 Å². The van der Waals surface area contributed by atoms with Gasteiger partial charge in [-0.15, -0.1) is 0 Å². The Kier molecular flexibility index (Phi) is 11.8.